The third-order valence-corrected chi connectivity index (χ3v) is 3.63. The van der Waals surface area contributed by atoms with Crippen LogP contribution in [-0.4, -0.2) is 8.42 Å². The van der Waals surface area contributed by atoms with Crippen LogP contribution < -0.4 is 0 Å². The third-order valence-electron chi connectivity index (χ3n) is 2.25. The summed E-state index contributed by atoms with van der Waals surface area (Å²) in [5.74, 6) is 0. The highest BCUT2D eigenvalue weighted by molar-refractivity contribution is 8.14. The first-order valence-electron chi connectivity index (χ1n) is 4.55. The molecule has 0 N–H and O–H groups in total. The second-order valence-corrected chi connectivity index (χ2v) is 5.82. The van der Waals surface area contributed by atoms with Crippen molar-refractivity contribution < 1.29 is 8.42 Å². The SMILES string of the molecule is [N-]=[N+]=Nc1ccc2c(S(=O)(=O)Cl)cccc2c1. The second-order valence-electron chi connectivity index (χ2n) is 3.29. The molecule has 0 aromatic heterocycles. The van der Waals surface area contributed by atoms with Crippen LogP contribution in [0.2, 0.25) is 0 Å². The predicted molar refractivity (Wildman–Crippen MR) is 65.8 cm³/mol. The maximum atomic E-state index is 11.3. The summed E-state index contributed by atoms with van der Waals surface area (Å²) in [5, 5.41) is 4.60. The van der Waals surface area contributed by atoms with Gasteiger partial charge in [-0.3, -0.25) is 0 Å². The lowest BCUT2D eigenvalue weighted by atomic mass is 10.1. The van der Waals surface area contributed by atoms with E-state index in [-0.39, 0.29) is 4.90 Å². The van der Waals surface area contributed by atoms with Gasteiger partial charge in [-0.1, -0.05) is 29.4 Å². The molecule has 0 saturated heterocycles. The van der Waals surface area contributed by atoms with Gasteiger partial charge in [-0.25, -0.2) is 8.42 Å². The summed E-state index contributed by atoms with van der Waals surface area (Å²) in [6.45, 7) is 0. The molecule has 2 aromatic carbocycles. The summed E-state index contributed by atoms with van der Waals surface area (Å²) in [6.07, 6.45) is 0. The Balaban J connectivity index is 2.80. The van der Waals surface area contributed by atoms with Crippen molar-refractivity contribution in [1.82, 2.24) is 0 Å². The van der Waals surface area contributed by atoms with E-state index in [0.29, 0.717) is 16.5 Å². The Hall–Kier alpha value is -1.75. The molecule has 0 saturated carbocycles. The zero-order valence-corrected chi connectivity index (χ0v) is 9.98. The molecule has 0 amide bonds. The van der Waals surface area contributed by atoms with Crippen molar-refractivity contribution in [3.63, 3.8) is 0 Å². The second kappa shape index (κ2) is 4.25. The topological polar surface area (TPSA) is 82.9 Å². The van der Waals surface area contributed by atoms with Gasteiger partial charge in [-0.15, -0.1) is 0 Å². The van der Waals surface area contributed by atoms with Crippen molar-refractivity contribution in [2.75, 3.05) is 0 Å². The number of halogens is 1. The van der Waals surface area contributed by atoms with Gasteiger partial charge >= 0.3 is 0 Å². The number of hydrogen-bond donors (Lipinski definition) is 0. The molecule has 0 unspecified atom stereocenters. The highest BCUT2D eigenvalue weighted by atomic mass is 35.7. The molecule has 0 aliphatic carbocycles. The highest BCUT2D eigenvalue weighted by Crippen LogP contribution is 2.28. The molecule has 2 rings (SSSR count). The van der Waals surface area contributed by atoms with E-state index in [1.54, 1.807) is 24.3 Å². The smallest absolute Gasteiger partial charge is 0.207 e. The zero-order chi connectivity index (χ0) is 12.5. The first kappa shape index (κ1) is 11.7. The van der Waals surface area contributed by atoms with Crippen LogP contribution in [0.4, 0.5) is 5.69 Å². The van der Waals surface area contributed by atoms with Gasteiger partial charge in [0.25, 0.3) is 9.05 Å². The average Bonchev–Trinajstić information content (AvgIpc) is 2.27. The van der Waals surface area contributed by atoms with Crippen LogP contribution >= 0.6 is 10.7 Å². The Kier molecular flexibility index (Phi) is 2.93. The van der Waals surface area contributed by atoms with Gasteiger partial charge in [0.2, 0.25) is 0 Å². The van der Waals surface area contributed by atoms with Gasteiger partial charge in [-0.05, 0) is 23.1 Å². The number of fused-ring (bicyclic) bond motifs is 1. The minimum Gasteiger partial charge on any atom is -0.207 e. The van der Waals surface area contributed by atoms with Crippen LogP contribution in [0.5, 0.6) is 0 Å². The lowest BCUT2D eigenvalue weighted by Crippen LogP contribution is -1.91. The molecule has 86 valence electrons. The first-order chi connectivity index (χ1) is 8.02. The molecule has 0 bridgehead atoms. The van der Waals surface area contributed by atoms with Gasteiger partial charge in [0, 0.05) is 26.7 Å². The van der Waals surface area contributed by atoms with Crippen LogP contribution in [0.3, 0.4) is 0 Å². The molecule has 0 fully saturated rings. The largest absolute Gasteiger partial charge is 0.261 e. The van der Waals surface area contributed by atoms with E-state index in [2.05, 4.69) is 10.0 Å². The Morgan fingerprint density at radius 3 is 2.65 bits per heavy atom. The van der Waals surface area contributed by atoms with Gasteiger partial charge in [0.15, 0.2) is 0 Å². The fourth-order valence-corrected chi connectivity index (χ4v) is 2.66. The number of rotatable bonds is 2. The van der Waals surface area contributed by atoms with Crippen LogP contribution in [0.1, 0.15) is 0 Å². The van der Waals surface area contributed by atoms with Crippen molar-refractivity contribution in [2.45, 2.75) is 4.90 Å². The van der Waals surface area contributed by atoms with Crippen LogP contribution in [-0.2, 0) is 9.05 Å². The molecule has 5 nitrogen and oxygen atoms in total. The number of nitrogens with zero attached hydrogens (tertiary/aromatic N) is 3. The molecule has 2 aromatic rings. The van der Waals surface area contributed by atoms with Gasteiger partial charge < -0.3 is 0 Å². The summed E-state index contributed by atoms with van der Waals surface area (Å²) >= 11 is 0. The Bertz CT molecular complexity index is 736. The Labute approximate surface area is 102 Å². The zero-order valence-electron chi connectivity index (χ0n) is 8.41. The summed E-state index contributed by atoms with van der Waals surface area (Å²) < 4.78 is 22.7. The average molecular weight is 268 g/mol. The van der Waals surface area contributed by atoms with Crippen LogP contribution in [0.25, 0.3) is 21.2 Å². The molecule has 0 spiro atoms. The maximum Gasteiger partial charge on any atom is 0.261 e. The summed E-state index contributed by atoms with van der Waals surface area (Å²) in [4.78, 5) is 2.71. The quantitative estimate of drug-likeness (QED) is 0.360. The minimum absolute atomic E-state index is 0.0455. The molecule has 0 radical (unpaired) electrons. The Morgan fingerprint density at radius 1 is 1.24 bits per heavy atom. The molecule has 0 heterocycles. The van der Waals surface area contributed by atoms with Gasteiger partial charge in [-0.2, -0.15) is 0 Å². The van der Waals surface area contributed by atoms with Crippen molar-refractivity contribution in [3.8, 4) is 0 Å². The van der Waals surface area contributed by atoms with E-state index >= 15 is 0 Å². The maximum absolute atomic E-state index is 11.3. The number of azide groups is 1. The van der Waals surface area contributed by atoms with Crippen molar-refractivity contribution in [3.05, 3.63) is 46.8 Å². The van der Waals surface area contributed by atoms with E-state index in [4.69, 9.17) is 16.2 Å². The number of hydrogen-bond acceptors (Lipinski definition) is 3. The summed E-state index contributed by atoms with van der Waals surface area (Å²) in [5.41, 5.74) is 8.74. The molecular formula is C10H6ClN3O2S. The van der Waals surface area contributed by atoms with E-state index in [1.807, 2.05) is 0 Å². The van der Waals surface area contributed by atoms with Crippen molar-refractivity contribution in [2.24, 2.45) is 5.11 Å². The lowest BCUT2D eigenvalue weighted by molar-refractivity contribution is 0.610. The van der Waals surface area contributed by atoms with Crippen molar-refractivity contribution in [1.29, 1.82) is 0 Å². The van der Waals surface area contributed by atoms with Crippen LogP contribution in [0, 0.1) is 0 Å². The molecule has 0 atom stereocenters. The fourth-order valence-electron chi connectivity index (χ4n) is 1.57. The molecule has 7 heteroatoms. The summed E-state index contributed by atoms with van der Waals surface area (Å²) in [7, 11) is 1.54. The van der Waals surface area contributed by atoms with E-state index in [0.717, 1.165) is 0 Å². The normalized spacial score (nSPS) is 11.1. The highest BCUT2D eigenvalue weighted by Gasteiger charge is 2.13. The predicted octanol–water partition coefficient (Wildman–Crippen LogP) is 3.71. The van der Waals surface area contributed by atoms with E-state index in [1.165, 1.54) is 12.1 Å². The molecule has 0 aliphatic heterocycles. The third kappa shape index (κ3) is 2.34. The summed E-state index contributed by atoms with van der Waals surface area (Å²) in [6, 6.07) is 9.43. The standard InChI is InChI=1S/C10H6ClN3O2S/c11-17(15,16)10-3-1-2-7-6-8(13-14-12)4-5-9(7)10/h1-6H. The fraction of sp³-hybridized carbons (Fsp3) is 0. The first-order valence-corrected chi connectivity index (χ1v) is 6.86. The lowest BCUT2D eigenvalue weighted by Gasteiger charge is -2.03. The Morgan fingerprint density at radius 2 is 2.00 bits per heavy atom. The van der Waals surface area contributed by atoms with E-state index in [9.17, 15) is 8.42 Å². The van der Waals surface area contributed by atoms with Gasteiger partial charge in [0.05, 0.1) is 4.90 Å². The molecule has 0 aliphatic rings. The van der Waals surface area contributed by atoms with Crippen LogP contribution in [0.15, 0.2) is 46.4 Å². The van der Waals surface area contributed by atoms with E-state index < -0.39 is 9.05 Å². The minimum atomic E-state index is -3.79. The van der Waals surface area contributed by atoms with Gasteiger partial charge in [0.1, 0.15) is 0 Å². The van der Waals surface area contributed by atoms with Crippen molar-refractivity contribution >= 4 is 36.2 Å². The molecule has 17 heavy (non-hydrogen) atoms. The monoisotopic (exact) mass is 267 g/mol. The molecular weight excluding hydrogens is 262 g/mol. The number of benzene rings is 2.